The van der Waals surface area contributed by atoms with Crippen molar-refractivity contribution in [1.29, 1.82) is 0 Å². The van der Waals surface area contributed by atoms with Crippen molar-refractivity contribution in [3.8, 4) is 11.5 Å². The topological polar surface area (TPSA) is 50.8 Å². The van der Waals surface area contributed by atoms with E-state index < -0.39 is 0 Å². The SMILES string of the molecule is COc1ccc(CNCCC(=O)N2CCCCCC2)cc1OC. The molecule has 0 unspecified atom stereocenters. The fourth-order valence-electron chi connectivity index (χ4n) is 2.90. The van der Waals surface area contributed by atoms with Crippen LogP contribution in [0.4, 0.5) is 0 Å². The van der Waals surface area contributed by atoms with Crippen molar-refractivity contribution in [3.05, 3.63) is 23.8 Å². The summed E-state index contributed by atoms with van der Waals surface area (Å²) in [6.45, 7) is 3.26. The average Bonchev–Trinajstić information content (AvgIpc) is 2.87. The zero-order valence-corrected chi connectivity index (χ0v) is 14.3. The Kier molecular flexibility index (Phi) is 7.20. The summed E-state index contributed by atoms with van der Waals surface area (Å²) < 4.78 is 10.5. The van der Waals surface area contributed by atoms with Gasteiger partial charge >= 0.3 is 0 Å². The van der Waals surface area contributed by atoms with E-state index in [1.165, 1.54) is 12.8 Å². The molecule has 1 N–H and O–H groups in total. The minimum Gasteiger partial charge on any atom is -0.493 e. The second kappa shape index (κ2) is 9.40. The number of methoxy groups -OCH3 is 2. The average molecular weight is 320 g/mol. The van der Waals surface area contributed by atoms with E-state index in [9.17, 15) is 4.79 Å². The first-order valence-corrected chi connectivity index (χ1v) is 8.44. The van der Waals surface area contributed by atoms with E-state index in [2.05, 4.69) is 5.32 Å². The quantitative estimate of drug-likeness (QED) is 0.785. The molecule has 1 aliphatic rings. The minimum absolute atomic E-state index is 0.270. The summed E-state index contributed by atoms with van der Waals surface area (Å²) in [5, 5.41) is 3.33. The van der Waals surface area contributed by atoms with E-state index >= 15 is 0 Å². The third-order valence-corrected chi connectivity index (χ3v) is 4.25. The second-order valence-corrected chi connectivity index (χ2v) is 5.91. The van der Waals surface area contributed by atoms with E-state index in [1.807, 2.05) is 23.1 Å². The predicted molar refractivity (Wildman–Crippen MR) is 90.9 cm³/mol. The Morgan fingerprint density at radius 2 is 1.78 bits per heavy atom. The highest BCUT2D eigenvalue weighted by Gasteiger charge is 2.14. The summed E-state index contributed by atoms with van der Waals surface area (Å²) >= 11 is 0. The molecule has 5 heteroatoms. The summed E-state index contributed by atoms with van der Waals surface area (Å²) in [4.78, 5) is 14.2. The van der Waals surface area contributed by atoms with Crippen LogP contribution in [0.15, 0.2) is 18.2 Å². The lowest BCUT2D eigenvalue weighted by Gasteiger charge is -2.20. The molecule has 23 heavy (non-hydrogen) atoms. The van der Waals surface area contributed by atoms with Crippen molar-refractivity contribution in [3.63, 3.8) is 0 Å². The Balaban J connectivity index is 1.73. The predicted octanol–water partition coefficient (Wildman–Crippen LogP) is 2.59. The van der Waals surface area contributed by atoms with Gasteiger partial charge in [-0.2, -0.15) is 0 Å². The lowest BCUT2D eigenvalue weighted by molar-refractivity contribution is -0.131. The number of carbonyl (C=O) groups excluding carboxylic acids is 1. The number of carbonyl (C=O) groups is 1. The van der Waals surface area contributed by atoms with Gasteiger partial charge in [-0.1, -0.05) is 18.9 Å². The van der Waals surface area contributed by atoms with E-state index in [4.69, 9.17) is 9.47 Å². The zero-order chi connectivity index (χ0) is 16.5. The van der Waals surface area contributed by atoms with E-state index in [-0.39, 0.29) is 5.91 Å². The maximum Gasteiger partial charge on any atom is 0.223 e. The number of likely N-dealkylation sites (tertiary alicyclic amines) is 1. The molecule has 1 aromatic rings. The number of nitrogens with one attached hydrogen (secondary N) is 1. The van der Waals surface area contributed by atoms with E-state index in [1.54, 1.807) is 14.2 Å². The Labute approximate surface area is 139 Å². The molecule has 0 bridgehead atoms. The molecule has 0 saturated carbocycles. The highest BCUT2D eigenvalue weighted by Crippen LogP contribution is 2.27. The van der Waals surface area contributed by atoms with Crippen LogP contribution in [0.2, 0.25) is 0 Å². The molecule has 1 aromatic carbocycles. The van der Waals surface area contributed by atoms with Crippen LogP contribution in [0.25, 0.3) is 0 Å². The number of ether oxygens (including phenoxy) is 2. The van der Waals surface area contributed by atoms with Crippen LogP contribution in [-0.2, 0) is 11.3 Å². The van der Waals surface area contributed by atoms with Gasteiger partial charge in [0.25, 0.3) is 0 Å². The second-order valence-electron chi connectivity index (χ2n) is 5.91. The molecule has 0 aliphatic carbocycles. The van der Waals surface area contributed by atoms with Gasteiger partial charge in [0.1, 0.15) is 0 Å². The highest BCUT2D eigenvalue weighted by molar-refractivity contribution is 5.76. The zero-order valence-electron chi connectivity index (χ0n) is 14.3. The first-order chi connectivity index (χ1) is 11.2. The summed E-state index contributed by atoms with van der Waals surface area (Å²) in [6.07, 6.45) is 5.35. The van der Waals surface area contributed by atoms with Gasteiger partial charge < -0.3 is 19.7 Å². The van der Waals surface area contributed by atoms with E-state index in [0.717, 1.165) is 43.0 Å². The monoisotopic (exact) mass is 320 g/mol. The number of amides is 1. The summed E-state index contributed by atoms with van der Waals surface area (Å²) in [6, 6.07) is 5.87. The number of hydrogen-bond acceptors (Lipinski definition) is 4. The van der Waals surface area contributed by atoms with Gasteiger partial charge in [0, 0.05) is 32.6 Å². The largest absolute Gasteiger partial charge is 0.493 e. The molecular formula is C18H28N2O3. The third kappa shape index (κ3) is 5.43. The van der Waals surface area contributed by atoms with Crippen LogP contribution >= 0.6 is 0 Å². The van der Waals surface area contributed by atoms with Crippen molar-refractivity contribution < 1.29 is 14.3 Å². The molecule has 1 fully saturated rings. The Morgan fingerprint density at radius 1 is 1.09 bits per heavy atom. The molecular weight excluding hydrogens is 292 g/mol. The van der Waals surface area contributed by atoms with Crippen molar-refractivity contribution in [1.82, 2.24) is 10.2 Å². The molecule has 2 rings (SSSR count). The smallest absolute Gasteiger partial charge is 0.223 e. The Hall–Kier alpha value is -1.75. The maximum absolute atomic E-state index is 12.2. The molecule has 128 valence electrons. The van der Waals surface area contributed by atoms with Gasteiger partial charge in [-0.05, 0) is 30.5 Å². The lowest BCUT2D eigenvalue weighted by Crippen LogP contribution is -2.33. The van der Waals surface area contributed by atoms with Crippen molar-refractivity contribution in [2.75, 3.05) is 33.9 Å². The van der Waals surface area contributed by atoms with Crippen LogP contribution in [0.3, 0.4) is 0 Å². The molecule has 0 radical (unpaired) electrons. The molecule has 1 heterocycles. The summed E-state index contributed by atoms with van der Waals surface area (Å²) in [5.41, 5.74) is 1.12. The van der Waals surface area contributed by atoms with E-state index in [0.29, 0.717) is 19.5 Å². The third-order valence-electron chi connectivity index (χ3n) is 4.25. The first kappa shape index (κ1) is 17.6. The molecule has 1 saturated heterocycles. The van der Waals surface area contributed by atoms with Crippen LogP contribution < -0.4 is 14.8 Å². The fourth-order valence-corrected chi connectivity index (χ4v) is 2.90. The van der Waals surface area contributed by atoms with Gasteiger partial charge in [-0.15, -0.1) is 0 Å². The standard InChI is InChI=1S/C18H28N2O3/c1-22-16-8-7-15(13-17(16)23-2)14-19-10-9-18(21)20-11-5-3-4-6-12-20/h7-8,13,19H,3-6,9-12,14H2,1-2H3. The normalized spacial score (nSPS) is 15.1. The van der Waals surface area contributed by atoms with Crippen LogP contribution in [0.1, 0.15) is 37.7 Å². The van der Waals surface area contributed by atoms with Gasteiger partial charge in [0.2, 0.25) is 5.91 Å². The van der Waals surface area contributed by atoms with Gasteiger partial charge in [0.15, 0.2) is 11.5 Å². The Morgan fingerprint density at radius 3 is 2.43 bits per heavy atom. The van der Waals surface area contributed by atoms with Gasteiger partial charge in [-0.25, -0.2) is 0 Å². The summed E-state index contributed by atoms with van der Waals surface area (Å²) in [7, 11) is 3.26. The number of nitrogens with zero attached hydrogens (tertiary/aromatic N) is 1. The van der Waals surface area contributed by atoms with Crippen LogP contribution in [0.5, 0.6) is 11.5 Å². The lowest BCUT2D eigenvalue weighted by atomic mass is 10.2. The fraction of sp³-hybridized carbons (Fsp3) is 0.611. The van der Waals surface area contributed by atoms with Crippen molar-refractivity contribution >= 4 is 5.91 Å². The van der Waals surface area contributed by atoms with Crippen molar-refractivity contribution in [2.24, 2.45) is 0 Å². The maximum atomic E-state index is 12.2. The molecule has 1 aliphatic heterocycles. The minimum atomic E-state index is 0.270. The molecule has 0 atom stereocenters. The van der Waals surface area contributed by atoms with Gasteiger partial charge in [0.05, 0.1) is 14.2 Å². The first-order valence-electron chi connectivity index (χ1n) is 8.44. The molecule has 0 aromatic heterocycles. The Bertz CT molecular complexity index is 497. The van der Waals surface area contributed by atoms with Crippen LogP contribution in [0, 0.1) is 0 Å². The molecule has 1 amide bonds. The number of hydrogen-bond donors (Lipinski definition) is 1. The number of benzene rings is 1. The molecule has 5 nitrogen and oxygen atoms in total. The highest BCUT2D eigenvalue weighted by atomic mass is 16.5. The number of rotatable bonds is 7. The van der Waals surface area contributed by atoms with Crippen molar-refractivity contribution in [2.45, 2.75) is 38.6 Å². The van der Waals surface area contributed by atoms with Gasteiger partial charge in [-0.3, -0.25) is 4.79 Å². The summed E-state index contributed by atoms with van der Waals surface area (Å²) in [5.74, 6) is 1.73. The van der Waals surface area contributed by atoms with Crippen LogP contribution in [-0.4, -0.2) is 44.7 Å². The molecule has 0 spiro atoms.